The minimum Gasteiger partial charge on any atom is -0.495 e. The maximum absolute atomic E-state index is 12.0. The summed E-state index contributed by atoms with van der Waals surface area (Å²) in [6.07, 6.45) is -0.0552. The highest BCUT2D eigenvalue weighted by Crippen LogP contribution is 2.25. The molecule has 19 heavy (non-hydrogen) atoms. The number of hydrogen-bond donors (Lipinski definition) is 2. The first-order chi connectivity index (χ1) is 8.90. The Hall–Kier alpha value is -1.80. The number of methoxy groups -OCH3 is 2. The highest BCUT2D eigenvalue weighted by molar-refractivity contribution is 7.89. The van der Waals surface area contributed by atoms with Gasteiger partial charge in [-0.2, -0.15) is 0 Å². The van der Waals surface area contributed by atoms with Gasteiger partial charge < -0.3 is 15.2 Å². The lowest BCUT2D eigenvalue weighted by atomic mass is 10.3. The molecule has 1 rings (SSSR count). The van der Waals surface area contributed by atoms with Crippen molar-refractivity contribution in [1.82, 2.24) is 4.72 Å². The number of ether oxygens (including phenoxy) is 2. The quantitative estimate of drug-likeness (QED) is 0.568. The monoisotopic (exact) mass is 288 g/mol. The fourth-order valence-electron chi connectivity index (χ4n) is 1.37. The number of esters is 1. The number of anilines is 1. The molecule has 1 aromatic rings. The Labute approximate surface area is 111 Å². The molecule has 0 unspecified atom stereocenters. The molecule has 0 spiro atoms. The Morgan fingerprint density at radius 2 is 2.05 bits per heavy atom. The Morgan fingerprint density at radius 3 is 2.63 bits per heavy atom. The number of nitrogens with one attached hydrogen (secondary N) is 1. The van der Waals surface area contributed by atoms with Gasteiger partial charge in [0.15, 0.2) is 0 Å². The predicted molar refractivity (Wildman–Crippen MR) is 69.2 cm³/mol. The van der Waals surface area contributed by atoms with Gasteiger partial charge in [-0.05, 0) is 18.2 Å². The Balaban J connectivity index is 2.88. The highest BCUT2D eigenvalue weighted by Gasteiger charge is 2.19. The van der Waals surface area contributed by atoms with Crippen molar-refractivity contribution in [2.75, 3.05) is 26.5 Å². The number of benzene rings is 1. The number of carbonyl (C=O) groups is 1. The number of hydrogen-bond acceptors (Lipinski definition) is 6. The molecule has 0 bridgehead atoms. The average molecular weight is 288 g/mol. The zero-order chi connectivity index (χ0) is 14.5. The van der Waals surface area contributed by atoms with E-state index in [1.807, 2.05) is 0 Å². The number of sulfonamides is 1. The van der Waals surface area contributed by atoms with Gasteiger partial charge in [-0.15, -0.1) is 0 Å². The smallest absolute Gasteiger partial charge is 0.306 e. The van der Waals surface area contributed by atoms with Crippen LogP contribution in [0, 0.1) is 0 Å². The Bertz CT molecular complexity index is 556. The highest BCUT2D eigenvalue weighted by atomic mass is 32.2. The first-order valence-corrected chi connectivity index (χ1v) is 6.89. The van der Waals surface area contributed by atoms with Gasteiger partial charge in [-0.25, -0.2) is 13.1 Å². The molecule has 1 aromatic carbocycles. The zero-order valence-corrected chi connectivity index (χ0v) is 11.5. The molecule has 0 aliphatic rings. The Morgan fingerprint density at radius 1 is 1.37 bits per heavy atom. The van der Waals surface area contributed by atoms with E-state index in [4.69, 9.17) is 10.5 Å². The van der Waals surface area contributed by atoms with E-state index in [1.54, 1.807) is 0 Å². The molecule has 0 heterocycles. The maximum atomic E-state index is 12.0. The molecule has 0 saturated heterocycles. The summed E-state index contributed by atoms with van der Waals surface area (Å²) >= 11 is 0. The average Bonchev–Trinajstić information content (AvgIpc) is 2.38. The third kappa shape index (κ3) is 4.11. The lowest BCUT2D eigenvalue weighted by Crippen LogP contribution is -2.27. The van der Waals surface area contributed by atoms with Crippen LogP contribution in [0.2, 0.25) is 0 Å². The van der Waals surface area contributed by atoms with Crippen LogP contribution in [-0.2, 0) is 19.6 Å². The number of carbonyl (C=O) groups excluding carboxylic acids is 1. The minimum absolute atomic E-state index is 0.0552. The van der Waals surface area contributed by atoms with Gasteiger partial charge >= 0.3 is 5.97 Å². The van der Waals surface area contributed by atoms with Crippen LogP contribution in [0.25, 0.3) is 0 Å². The van der Waals surface area contributed by atoms with Gasteiger partial charge in [0.05, 0.1) is 20.6 Å². The summed E-state index contributed by atoms with van der Waals surface area (Å²) in [6.45, 7) is -0.0625. The van der Waals surface area contributed by atoms with Crippen molar-refractivity contribution in [3.8, 4) is 5.75 Å². The topological polar surface area (TPSA) is 108 Å². The molecule has 0 amide bonds. The first kappa shape index (κ1) is 15.3. The van der Waals surface area contributed by atoms with Crippen LogP contribution < -0.4 is 15.2 Å². The molecule has 0 fully saturated rings. The van der Waals surface area contributed by atoms with E-state index >= 15 is 0 Å². The van der Waals surface area contributed by atoms with Gasteiger partial charge in [-0.1, -0.05) is 0 Å². The fraction of sp³-hybridized carbons (Fsp3) is 0.364. The van der Waals surface area contributed by atoms with Crippen molar-refractivity contribution in [2.24, 2.45) is 0 Å². The van der Waals surface area contributed by atoms with Crippen LogP contribution in [0.15, 0.2) is 23.1 Å². The second-order valence-electron chi connectivity index (χ2n) is 3.63. The van der Waals surface area contributed by atoms with Crippen LogP contribution in [0.3, 0.4) is 0 Å². The minimum atomic E-state index is -3.79. The third-order valence-corrected chi connectivity index (χ3v) is 3.81. The third-order valence-electron chi connectivity index (χ3n) is 2.33. The van der Waals surface area contributed by atoms with Gasteiger partial charge in [0.1, 0.15) is 10.6 Å². The van der Waals surface area contributed by atoms with Crippen molar-refractivity contribution < 1.29 is 22.7 Å². The van der Waals surface area contributed by atoms with Crippen LogP contribution in [0.1, 0.15) is 6.42 Å². The summed E-state index contributed by atoms with van der Waals surface area (Å²) in [4.78, 5) is 10.8. The summed E-state index contributed by atoms with van der Waals surface area (Å²) in [5, 5.41) is 0. The van der Waals surface area contributed by atoms with Gasteiger partial charge in [0, 0.05) is 12.2 Å². The van der Waals surface area contributed by atoms with E-state index in [9.17, 15) is 13.2 Å². The predicted octanol–water partition coefficient (Wildman–Crippen LogP) is 0.119. The van der Waals surface area contributed by atoms with E-state index in [2.05, 4.69) is 9.46 Å². The molecule has 0 atom stereocenters. The molecule has 0 radical (unpaired) electrons. The van der Waals surface area contributed by atoms with Crippen molar-refractivity contribution in [3.63, 3.8) is 0 Å². The molecule has 8 heteroatoms. The van der Waals surface area contributed by atoms with Crippen LogP contribution in [0.4, 0.5) is 5.69 Å². The molecule has 0 aliphatic heterocycles. The molecule has 106 valence electrons. The summed E-state index contributed by atoms with van der Waals surface area (Å²) in [5.41, 5.74) is 5.86. The van der Waals surface area contributed by atoms with Gasteiger partial charge in [0.25, 0.3) is 0 Å². The molecule has 3 N–H and O–H groups in total. The SMILES string of the molecule is COC(=O)CCNS(=O)(=O)c1cc(N)ccc1OC. The zero-order valence-electron chi connectivity index (χ0n) is 10.7. The van der Waals surface area contributed by atoms with E-state index in [0.717, 1.165) is 0 Å². The largest absolute Gasteiger partial charge is 0.495 e. The van der Waals surface area contributed by atoms with E-state index in [-0.39, 0.29) is 23.6 Å². The summed E-state index contributed by atoms with van der Waals surface area (Å²) in [6, 6.07) is 4.29. The maximum Gasteiger partial charge on any atom is 0.306 e. The molecular weight excluding hydrogens is 272 g/mol. The van der Waals surface area contributed by atoms with E-state index in [1.165, 1.54) is 32.4 Å². The normalized spacial score (nSPS) is 11.1. The second kappa shape index (κ2) is 6.39. The van der Waals surface area contributed by atoms with Gasteiger partial charge in [0.2, 0.25) is 10.0 Å². The second-order valence-corrected chi connectivity index (χ2v) is 5.37. The van der Waals surface area contributed by atoms with Crippen molar-refractivity contribution in [1.29, 1.82) is 0 Å². The van der Waals surface area contributed by atoms with Crippen LogP contribution in [-0.4, -0.2) is 35.2 Å². The van der Waals surface area contributed by atoms with Crippen LogP contribution >= 0.6 is 0 Å². The lowest BCUT2D eigenvalue weighted by molar-refractivity contribution is -0.140. The summed E-state index contributed by atoms with van der Waals surface area (Å²) < 4.78 is 35.7. The number of rotatable bonds is 6. The molecular formula is C11H16N2O5S. The van der Waals surface area contributed by atoms with Gasteiger partial charge in [-0.3, -0.25) is 4.79 Å². The number of nitrogens with two attached hydrogens (primary N) is 1. The standard InChI is InChI=1S/C11H16N2O5S/c1-17-9-4-3-8(12)7-10(9)19(15,16)13-6-5-11(14)18-2/h3-4,7,13H,5-6,12H2,1-2H3. The lowest BCUT2D eigenvalue weighted by Gasteiger charge is -2.11. The molecule has 0 aromatic heterocycles. The summed E-state index contributed by atoms with van der Waals surface area (Å²) in [5.74, 6) is -0.318. The summed E-state index contributed by atoms with van der Waals surface area (Å²) in [7, 11) is -1.20. The first-order valence-electron chi connectivity index (χ1n) is 5.40. The molecule has 7 nitrogen and oxygen atoms in total. The molecule has 0 saturated carbocycles. The van der Waals surface area contributed by atoms with E-state index < -0.39 is 16.0 Å². The molecule has 0 aliphatic carbocycles. The van der Waals surface area contributed by atoms with Crippen molar-refractivity contribution in [3.05, 3.63) is 18.2 Å². The van der Waals surface area contributed by atoms with Crippen LogP contribution in [0.5, 0.6) is 5.75 Å². The van der Waals surface area contributed by atoms with Crippen molar-refractivity contribution >= 4 is 21.7 Å². The van der Waals surface area contributed by atoms with Crippen molar-refractivity contribution in [2.45, 2.75) is 11.3 Å². The van der Waals surface area contributed by atoms with E-state index in [0.29, 0.717) is 5.69 Å². The Kier molecular flexibility index (Phi) is 5.13. The number of nitrogen functional groups attached to an aromatic ring is 1. The fourth-order valence-corrected chi connectivity index (χ4v) is 2.60.